The molecule has 1 heterocycles. The number of hydrogen-bond acceptors (Lipinski definition) is 1. The number of aromatic nitrogens is 1. The summed E-state index contributed by atoms with van der Waals surface area (Å²) in [5.41, 5.74) is 4.36. The molecule has 0 unspecified atom stereocenters. The fraction of sp³-hybridized carbons (Fsp3) is 0.233. The van der Waals surface area contributed by atoms with Crippen LogP contribution < -0.4 is 0 Å². The Hall–Kier alpha value is -3.19. The smallest absolute Gasteiger partial charge is 0.0790 e. The first-order chi connectivity index (χ1) is 14.9. The Morgan fingerprint density at radius 2 is 1.29 bits per heavy atom. The standard InChI is InChI=1S/C30H25N/c1-29(2)16-30(3,4)27-22-14-18-10-7-12-20-19-11-5-8-17-9-6-13-21(24(17)19)26(25(18)20)28(22)31-15-23(27)29/h5-15H,16H2,1-4H3. The molecule has 0 N–H and O–H groups in total. The van der Waals surface area contributed by atoms with Gasteiger partial charge in [-0.15, -0.1) is 0 Å². The molecule has 0 aliphatic heterocycles. The predicted octanol–water partition coefficient (Wildman–Crippen LogP) is 8.24. The van der Waals surface area contributed by atoms with Crippen LogP contribution in [0.2, 0.25) is 0 Å². The van der Waals surface area contributed by atoms with Crippen LogP contribution in [0.15, 0.2) is 66.9 Å². The van der Waals surface area contributed by atoms with Gasteiger partial charge < -0.3 is 0 Å². The summed E-state index contributed by atoms with van der Waals surface area (Å²) in [5, 5.41) is 12.0. The third-order valence-corrected chi connectivity index (χ3v) is 7.75. The van der Waals surface area contributed by atoms with Crippen LogP contribution in [0, 0.1) is 0 Å². The van der Waals surface area contributed by atoms with Crippen molar-refractivity contribution >= 4 is 54.0 Å². The van der Waals surface area contributed by atoms with Gasteiger partial charge in [0.15, 0.2) is 0 Å². The Kier molecular flexibility index (Phi) is 3.01. The van der Waals surface area contributed by atoms with Crippen molar-refractivity contribution in [1.82, 2.24) is 4.98 Å². The zero-order valence-electron chi connectivity index (χ0n) is 18.5. The van der Waals surface area contributed by atoms with Crippen LogP contribution in [0.4, 0.5) is 0 Å². The van der Waals surface area contributed by atoms with E-state index in [0.29, 0.717) is 0 Å². The first-order valence-electron chi connectivity index (χ1n) is 11.3. The lowest BCUT2D eigenvalue weighted by atomic mass is 9.81. The van der Waals surface area contributed by atoms with E-state index >= 15 is 0 Å². The molecule has 7 rings (SSSR count). The Morgan fingerprint density at radius 1 is 0.645 bits per heavy atom. The second-order valence-corrected chi connectivity index (χ2v) is 10.8. The average molecular weight is 400 g/mol. The third kappa shape index (κ3) is 2.05. The molecule has 1 aliphatic rings. The molecule has 0 saturated heterocycles. The first-order valence-corrected chi connectivity index (χ1v) is 11.3. The fourth-order valence-corrected chi connectivity index (χ4v) is 6.90. The summed E-state index contributed by atoms with van der Waals surface area (Å²) in [7, 11) is 0. The average Bonchev–Trinajstić information content (AvgIpc) is 2.94. The maximum atomic E-state index is 5.17. The van der Waals surface area contributed by atoms with Gasteiger partial charge in [-0.25, -0.2) is 0 Å². The molecule has 6 aromatic rings. The number of nitrogens with zero attached hydrogens (tertiary/aromatic N) is 1. The first kappa shape index (κ1) is 17.5. The monoisotopic (exact) mass is 399 g/mol. The van der Waals surface area contributed by atoms with Gasteiger partial charge in [0.1, 0.15) is 0 Å². The molecule has 0 saturated carbocycles. The Morgan fingerprint density at radius 3 is 2.03 bits per heavy atom. The zero-order chi connectivity index (χ0) is 21.1. The molecule has 1 nitrogen and oxygen atoms in total. The summed E-state index contributed by atoms with van der Waals surface area (Å²) < 4.78 is 0. The van der Waals surface area contributed by atoms with Gasteiger partial charge in [0.05, 0.1) is 5.52 Å². The quantitative estimate of drug-likeness (QED) is 0.185. The van der Waals surface area contributed by atoms with Crippen LogP contribution in [0.25, 0.3) is 54.0 Å². The maximum absolute atomic E-state index is 5.17. The van der Waals surface area contributed by atoms with Gasteiger partial charge in [-0.2, -0.15) is 0 Å². The lowest BCUT2D eigenvalue weighted by molar-refractivity contribution is 0.404. The van der Waals surface area contributed by atoms with Crippen molar-refractivity contribution in [3.05, 3.63) is 78.0 Å². The minimum atomic E-state index is 0.136. The lowest BCUT2D eigenvalue weighted by Crippen LogP contribution is -2.18. The molecule has 0 spiro atoms. The van der Waals surface area contributed by atoms with E-state index in [1.807, 2.05) is 0 Å². The van der Waals surface area contributed by atoms with Crippen LogP contribution in [0.5, 0.6) is 0 Å². The molecule has 0 radical (unpaired) electrons. The summed E-state index contributed by atoms with van der Waals surface area (Å²) in [6, 6.07) is 22.6. The van der Waals surface area contributed by atoms with Gasteiger partial charge in [0, 0.05) is 17.0 Å². The summed E-state index contributed by atoms with van der Waals surface area (Å²) >= 11 is 0. The number of rotatable bonds is 0. The molecular weight excluding hydrogens is 374 g/mol. The van der Waals surface area contributed by atoms with E-state index < -0.39 is 0 Å². The molecule has 0 bridgehead atoms. The van der Waals surface area contributed by atoms with Crippen molar-refractivity contribution in [2.45, 2.75) is 44.9 Å². The molecule has 31 heavy (non-hydrogen) atoms. The summed E-state index contributed by atoms with van der Waals surface area (Å²) in [4.78, 5) is 5.17. The van der Waals surface area contributed by atoms with Gasteiger partial charge >= 0.3 is 0 Å². The molecule has 0 atom stereocenters. The molecular formula is C30H25N. The van der Waals surface area contributed by atoms with Crippen molar-refractivity contribution < 1.29 is 0 Å². The molecule has 1 aliphatic carbocycles. The predicted molar refractivity (Wildman–Crippen MR) is 134 cm³/mol. The topological polar surface area (TPSA) is 12.9 Å². The lowest BCUT2D eigenvalue weighted by Gasteiger charge is -2.23. The largest absolute Gasteiger partial charge is 0.255 e. The molecule has 5 aromatic carbocycles. The van der Waals surface area contributed by atoms with E-state index in [4.69, 9.17) is 4.98 Å². The minimum absolute atomic E-state index is 0.136. The maximum Gasteiger partial charge on any atom is 0.0790 e. The second kappa shape index (κ2) is 5.34. The second-order valence-electron chi connectivity index (χ2n) is 10.8. The van der Waals surface area contributed by atoms with E-state index in [2.05, 4.69) is 94.6 Å². The third-order valence-electron chi connectivity index (χ3n) is 7.75. The van der Waals surface area contributed by atoms with Gasteiger partial charge in [0.2, 0.25) is 0 Å². The SMILES string of the molecule is CC1(C)CC(C)(C)c2c1cnc1c2cc2cccc3c4cccc5cccc(c54)c1c23. The van der Waals surface area contributed by atoms with Crippen molar-refractivity contribution in [3.8, 4) is 0 Å². The summed E-state index contributed by atoms with van der Waals surface area (Å²) in [5.74, 6) is 0. The Bertz CT molecular complexity index is 1700. The van der Waals surface area contributed by atoms with E-state index in [0.717, 1.165) is 11.9 Å². The van der Waals surface area contributed by atoms with E-state index in [9.17, 15) is 0 Å². The zero-order valence-corrected chi connectivity index (χ0v) is 18.5. The Balaban J connectivity index is 1.84. The summed E-state index contributed by atoms with van der Waals surface area (Å²) in [6.07, 6.45) is 3.33. The van der Waals surface area contributed by atoms with Crippen molar-refractivity contribution in [2.75, 3.05) is 0 Å². The van der Waals surface area contributed by atoms with Crippen LogP contribution in [-0.4, -0.2) is 4.98 Å². The molecule has 150 valence electrons. The van der Waals surface area contributed by atoms with E-state index in [-0.39, 0.29) is 10.8 Å². The van der Waals surface area contributed by atoms with Crippen LogP contribution in [-0.2, 0) is 10.8 Å². The highest BCUT2D eigenvalue weighted by atomic mass is 14.7. The molecule has 1 heteroatoms. The fourth-order valence-electron chi connectivity index (χ4n) is 6.90. The number of benzene rings is 5. The highest BCUT2D eigenvalue weighted by Crippen LogP contribution is 2.53. The number of fused-ring (bicyclic) bond motifs is 6. The van der Waals surface area contributed by atoms with Crippen LogP contribution in [0.1, 0.15) is 45.2 Å². The molecule has 0 fully saturated rings. The molecule has 1 aromatic heterocycles. The summed E-state index contributed by atoms with van der Waals surface area (Å²) in [6.45, 7) is 9.55. The van der Waals surface area contributed by atoms with Gasteiger partial charge in [-0.3, -0.25) is 4.98 Å². The van der Waals surface area contributed by atoms with Crippen molar-refractivity contribution in [1.29, 1.82) is 0 Å². The van der Waals surface area contributed by atoms with Gasteiger partial charge in [-0.1, -0.05) is 82.3 Å². The van der Waals surface area contributed by atoms with E-state index in [1.165, 1.54) is 59.6 Å². The van der Waals surface area contributed by atoms with Gasteiger partial charge in [-0.05, 0) is 72.1 Å². The number of hydrogen-bond donors (Lipinski definition) is 0. The molecule has 0 amide bonds. The van der Waals surface area contributed by atoms with Crippen molar-refractivity contribution in [3.63, 3.8) is 0 Å². The number of pyridine rings is 1. The highest BCUT2D eigenvalue weighted by molar-refractivity contribution is 6.37. The van der Waals surface area contributed by atoms with Crippen LogP contribution >= 0.6 is 0 Å². The Labute approximate surface area is 182 Å². The van der Waals surface area contributed by atoms with Gasteiger partial charge in [0.25, 0.3) is 0 Å². The minimum Gasteiger partial charge on any atom is -0.255 e. The normalized spacial score (nSPS) is 17.4. The van der Waals surface area contributed by atoms with E-state index in [1.54, 1.807) is 0 Å². The van der Waals surface area contributed by atoms with Crippen molar-refractivity contribution in [2.24, 2.45) is 0 Å². The van der Waals surface area contributed by atoms with Crippen LogP contribution in [0.3, 0.4) is 0 Å². The highest BCUT2D eigenvalue weighted by Gasteiger charge is 2.43.